The van der Waals surface area contributed by atoms with Gasteiger partial charge in [-0.3, -0.25) is 0 Å². The quantitative estimate of drug-likeness (QED) is 0.302. The van der Waals surface area contributed by atoms with E-state index in [1.165, 1.54) is 12.1 Å². The first-order valence-electron chi connectivity index (χ1n) is 12.4. The third-order valence-electron chi connectivity index (χ3n) is 7.33. The third-order valence-corrected chi connectivity index (χ3v) is 7.33. The SMILES string of the molecule is Cc1cc(C2(C=O)C=CC=CC2)ccc1OCCCN1CCC(c2noc3cc(F)ccc23)CC1. The largest absolute Gasteiger partial charge is 0.493 e. The van der Waals surface area contributed by atoms with Gasteiger partial charge in [0.2, 0.25) is 0 Å². The van der Waals surface area contributed by atoms with Crippen molar-refractivity contribution in [3.63, 3.8) is 0 Å². The van der Waals surface area contributed by atoms with Gasteiger partial charge in [0.1, 0.15) is 17.9 Å². The minimum absolute atomic E-state index is 0.299. The summed E-state index contributed by atoms with van der Waals surface area (Å²) in [5, 5.41) is 5.17. The number of hydrogen-bond acceptors (Lipinski definition) is 5. The second-order valence-corrected chi connectivity index (χ2v) is 9.66. The minimum atomic E-state index is -0.571. The van der Waals surface area contributed by atoms with Gasteiger partial charge < -0.3 is 19.0 Å². The smallest absolute Gasteiger partial charge is 0.170 e. The molecule has 182 valence electrons. The molecule has 1 unspecified atom stereocenters. The van der Waals surface area contributed by atoms with Crippen molar-refractivity contribution in [3.05, 3.63) is 83.3 Å². The van der Waals surface area contributed by atoms with Gasteiger partial charge in [-0.2, -0.15) is 0 Å². The van der Waals surface area contributed by atoms with Gasteiger partial charge >= 0.3 is 0 Å². The van der Waals surface area contributed by atoms with E-state index in [0.29, 0.717) is 24.5 Å². The Morgan fingerprint density at radius 2 is 2.06 bits per heavy atom. The number of aldehydes is 1. The molecule has 2 aliphatic rings. The van der Waals surface area contributed by atoms with Gasteiger partial charge in [0.05, 0.1) is 17.7 Å². The highest BCUT2D eigenvalue weighted by Crippen LogP contribution is 2.34. The lowest BCUT2D eigenvalue weighted by molar-refractivity contribution is -0.111. The summed E-state index contributed by atoms with van der Waals surface area (Å²) in [6.07, 6.45) is 12.6. The zero-order chi connectivity index (χ0) is 24.3. The van der Waals surface area contributed by atoms with Gasteiger partial charge in [0.15, 0.2) is 5.58 Å². The summed E-state index contributed by atoms with van der Waals surface area (Å²) in [5.74, 6) is 0.921. The molecule has 1 aromatic heterocycles. The van der Waals surface area contributed by atoms with E-state index in [-0.39, 0.29) is 5.82 Å². The molecule has 5 rings (SSSR count). The molecule has 2 heterocycles. The topological polar surface area (TPSA) is 55.6 Å². The number of ether oxygens (including phenoxy) is 1. The number of likely N-dealkylation sites (tertiary alicyclic amines) is 1. The molecular weight excluding hydrogens is 443 g/mol. The van der Waals surface area contributed by atoms with E-state index in [1.807, 2.05) is 43.4 Å². The van der Waals surface area contributed by atoms with Crippen LogP contribution in [-0.2, 0) is 10.2 Å². The van der Waals surface area contributed by atoms with Crippen LogP contribution in [0.2, 0.25) is 0 Å². The maximum Gasteiger partial charge on any atom is 0.170 e. The molecule has 0 bridgehead atoms. The number of rotatable bonds is 8. The van der Waals surface area contributed by atoms with Crippen LogP contribution in [0.15, 0.2) is 65.2 Å². The number of carbonyl (C=O) groups is 1. The molecule has 1 saturated heterocycles. The predicted molar refractivity (Wildman–Crippen MR) is 134 cm³/mol. The summed E-state index contributed by atoms with van der Waals surface area (Å²) in [4.78, 5) is 14.3. The lowest BCUT2D eigenvalue weighted by Gasteiger charge is -2.31. The second-order valence-electron chi connectivity index (χ2n) is 9.66. The highest BCUT2D eigenvalue weighted by Gasteiger charge is 2.29. The number of carbonyl (C=O) groups excluding carboxylic acids is 1. The second kappa shape index (κ2) is 10.2. The molecule has 0 radical (unpaired) electrons. The van der Waals surface area contributed by atoms with Crippen molar-refractivity contribution in [2.45, 2.75) is 43.9 Å². The molecule has 0 saturated carbocycles. The van der Waals surface area contributed by atoms with Gasteiger partial charge in [0, 0.05) is 23.9 Å². The summed E-state index contributed by atoms with van der Waals surface area (Å²) in [6.45, 7) is 5.68. The highest BCUT2D eigenvalue weighted by atomic mass is 19.1. The van der Waals surface area contributed by atoms with Crippen LogP contribution in [0.5, 0.6) is 5.75 Å². The fraction of sp³-hybridized carbons (Fsp3) is 0.379. The van der Waals surface area contributed by atoms with Gasteiger partial charge in [-0.15, -0.1) is 0 Å². The number of aryl methyl sites for hydroxylation is 1. The molecule has 0 N–H and O–H groups in total. The first kappa shape index (κ1) is 23.5. The van der Waals surface area contributed by atoms with Gasteiger partial charge in [-0.25, -0.2) is 4.39 Å². The Balaban J connectivity index is 1.09. The minimum Gasteiger partial charge on any atom is -0.493 e. The predicted octanol–water partition coefficient (Wildman–Crippen LogP) is 5.88. The summed E-state index contributed by atoms with van der Waals surface area (Å²) >= 11 is 0. The third kappa shape index (κ3) is 4.94. The lowest BCUT2D eigenvalue weighted by atomic mass is 9.76. The number of piperidine rings is 1. The molecular formula is C29H31FN2O3. The van der Waals surface area contributed by atoms with Crippen LogP contribution < -0.4 is 4.74 Å². The first-order chi connectivity index (χ1) is 17.1. The molecule has 1 aliphatic carbocycles. The maximum absolute atomic E-state index is 13.4. The van der Waals surface area contributed by atoms with Crippen molar-refractivity contribution in [2.75, 3.05) is 26.2 Å². The molecule has 1 fully saturated rings. The summed E-state index contributed by atoms with van der Waals surface area (Å²) in [5.41, 5.74) is 2.96. The molecule has 3 aromatic rings. The number of hydrogen-bond donors (Lipinski definition) is 0. The Morgan fingerprint density at radius 1 is 1.20 bits per heavy atom. The number of benzene rings is 2. The fourth-order valence-electron chi connectivity index (χ4n) is 5.23. The summed E-state index contributed by atoms with van der Waals surface area (Å²) < 4.78 is 24.8. The van der Waals surface area contributed by atoms with Crippen LogP contribution in [0.25, 0.3) is 11.0 Å². The maximum atomic E-state index is 13.4. The number of halogens is 1. The van der Waals surface area contributed by atoms with Crippen molar-refractivity contribution in [3.8, 4) is 5.75 Å². The zero-order valence-electron chi connectivity index (χ0n) is 20.1. The van der Waals surface area contributed by atoms with Crippen molar-refractivity contribution in [1.82, 2.24) is 10.1 Å². The van der Waals surface area contributed by atoms with Crippen LogP contribution in [0.4, 0.5) is 4.39 Å². The van der Waals surface area contributed by atoms with E-state index in [0.717, 1.165) is 73.1 Å². The molecule has 6 heteroatoms. The average molecular weight is 475 g/mol. The average Bonchev–Trinajstić information content (AvgIpc) is 3.31. The number of nitrogens with zero attached hydrogens (tertiary/aromatic N) is 2. The van der Waals surface area contributed by atoms with Gasteiger partial charge in [-0.05, 0) is 75.0 Å². The van der Waals surface area contributed by atoms with E-state index in [4.69, 9.17) is 9.26 Å². The van der Waals surface area contributed by atoms with Crippen molar-refractivity contribution in [2.24, 2.45) is 0 Å². The van der Waals surface area contributed by atoms with Crippen LogP contribution in [0.3, 0.4) is 0 Å². The Labute approximate surface area is 205 Å². The van der Waals surface area contributed by atoms with Crippen molar-refractivity contribution >= 4 is 17.3 Å². The molecule has 1 aliphatic heterocycles. The van der Waals surface area contributed by atoms with E-state index < -0.39 is 5.41 Å². The number of allylic oxidation sites excluding steroid dienone is 4. The van der Waals surface area contributed by atoms with Crippen molar-refractivity contribution < 1.29 is 18.4 Å². The molecule has 35 heavy (non-hydrogen) atoms. The standard InChI is InChI=1S/C29H31FN2O3/c1-21-18-23(29(20-33)12-3-2-4-13-29)6-9-26(21)34-17-5-14-32-15-10-22(11-16-32)28-25-8-7-24(30)19-27(25)35-31-28/h2-4,6-9,12,18-20,22H,5,10-11,13-17H2,1H3. The van der Waals surface area contributed by atoms with E-state index in [1.54, 1.807) is 6.07 Å². The van der Waals surface area contributed by atoms with Crippen LogP contribution >= 0.6 is 0 Å². The lowest BCUT2D eigenvalue weighted by Crippen LogP contribution is -2.34. The van der Waals surface area contributed by atoms with E-state index >= 15 is 0 Å². The zero-order valence-corrected chi connectivity index (χ0v) is 20.1. The Bertz CT molecular complexity index is 1260. The number of fused-ring (bicyclic) bond motifs is 1. The van der Waals surface area contributed by atoms with E-state index in [9.17, 15) is 9.18 Å². The Morgan fingerprint density at radius 3 is 2.80 bits per heavy atom. The molecule has 0 amide bonds. The fourth-order valence-corrected chi connectivity index (χ4v) is 5.23. The number of aromatic nitrogens is 1. The molecule has 1 atom stereocenters. The highest BCUT2D eigenvalue weighted by molar-refractivity contribution is 5.80. The van der Waals surface area contributed by atoms with E-state index in [2.05, 4.69) is 16.1 Å². The summed E-state index contributed by atoms with van der Waals surface area (Å²) in [7, 11) is 0. The first-order valence-corrected chi connectivity index (χ1v) is 12.4. The Hall–Kier alpha value is -3.25. The molecule has 2 aromatic carbocycles. The Kier molecular flexibility index (Phi) is 6.82. The van der Waals surface area contributed by atoms with Gasteiger partial charge in [0.25, 0.3) is 0 Å². The van der Waals surface area contributed by atoms with Gasteiger partial charge in [-0.1, -0.05) is 41.6 Å². The summed E-state index contributed by atoms with van der Waals surface area (Å²) in [6, 6.07) is 10.7. The molecule has 5 nitrogen and oxygen atoms in total. The van der Waals surface area contributed by atoms with Crippen LogP contribution in [0.1, 0.15) is 48.4 Å². The normalized spacial score (nSPS) is 21.0. The van der Waals surface area contributed by atoms with Crippen LogP contribution in [-0.4, -0.2) is 42.6 Å². The monoisotopic (exact) mass is 474 g/mol. The van der Waals surface area contributed by atoms with Crippen LogP contribution in [0, 0.1) is 12.7 Å². The van der Waals surface area contributed by atoms with Crippen molar-refractivity contribution in [1.29, 1.82) is 0 Å². The molecule has 0 spiro atoms.